The van der Waals surface area contributed by atoms with Crippen LogP contribution in [0, 0.1) is 0 Å². The van der Waals surface area contributed by atoms with Crippen LogP contribution in [0.15, 0.2) is 40.9 Å². The summed E-state index contributed by atoms with van der Waals surface area (Å²) in [5.74, 6) is 0. The summed E-state index contributed by atoms with van der Waals surface area (Å²) in [5, 5.41) is 7.47. The first-order valence-corrected chi connectivity index (χ1v) is 5.67. The lowest BCUT2D eigenvalue weighted by atomic mass is 10.1. The number of anilines is 1. The zero-order valence-electron chi connectivity index (χ0n) is 8.75. The molecular weight excluding hydrogens is 268 g/mol. The molecule has 0 atom stereocenters. The van der Waals surface area contributed by atoms with Crippen LogP contribution >= 0.6 is 15.9 Å². The Morgan fingerprint density at radius 1 is 1.25 bits per heavy atom. The van der Waals surface area contributed by atoms with Crippen LogP contribution in [0.25, 0.3) is 10.8 Å². The Kier molecular flexibility index (Phi) is 3.10. The number of hydrogen-bond donors (Lipinski definition) is 2. The molecule has 2 rings (SSSR count). The van der Waals surface area contributed by atoms with Crippen molar-refractivity contribution in [2.24, 2.45) is 0 Å². The van der Waals surface area contributed by atoms with Crippen LogP contribution in [0.3, 0.4) is 0 Å². The fraction of sp³-hybridized carbons (Fsp3) is 0.0833. The zero-order chi connectivity index (χ0) is 11.5. The molecule has 0 aliphatic carbocycles. The van der Waals surface area contributed by atoms with E-state index in [-0.39, 0.29) is 6.03 Å². The van der Waals surface area contributed by atoms with Crippen molar-refractivity contribution >= 4 is 38.4 Å². The van der Waals surface area contributed by atoms with Crippen LogP contribution < -0.4 is 10.6 Å². The lowest BCUT2D eigenvalue weighted by Crippen LogP contribution is -2.24. The lowest BCUT2D eigenvalue weighted by molar-refractivity contribution is 0.254. The second kappa shape index (κ2) is 4.53. The van der Waals surface area contributed by atoms with Gasteiger partial charge >= 0.3 is 6.03 Å². The van der Waals surface area contributed by atoms with E-state index >= 15 is 0 Å². The van der Waals surface area contributed by atoms with Crippen molar-refractivity contribution in [1.82, 2.24) is 5.32 Å². The van der Waals surface area contributed by atoms with E-state index in [2.05, 4.69) is 26.6 Å². The molecule has 0 unspecified atom stereocenters. The SMILES string of the molecule is CNC(=O)Nc1ccc2c(Br)cccc2c1. The van der Waals surface area contributed by atoms with Crippen molar-refractivity contribution in [3.8, 4) is 0 Å². The highest BCUT2D eigenvalue weighted by atomic mass is 79.9. The van der Waals surface area contributed by atoms with E-state index in [1.807, 2.05) is 36.4 Å². The number of amides is 2. The quantitative estimate of drug-likeness (QED) is 0.825. The van der Waals surface area contributed by atoms with E-state index in [4.69, 9.17) is 0 Å². The van der Waals surface area contributed by atoms with Gasteiger partial charge in [0.2, 0.25) is 0 Å². The molecule has 2 aromatic carbocycles. The maximum atomic E-state index is 11.2. The minimum atomic E-state index is -0.214. The van der Waals surface area contributed by atoms with E-state index in [9.17, 15) is 4.79 Å². The molecule has 2 aromatic rings. The third-order valence-corrected chi connectivity index (χ3v) is 3.00. The predicted molar refractivity (Wildman–Crippen MR) is 69.7 cm³/mol. The molecule has 82 valence electrons. The van der Waals surface area contributed by atoms with Crippen LogP contribution in [-0.4, -0.2) is 13.1 Å². The van der Waals surface area contributed by atoms with Crippen LogP contribution in [0.2, 0.25) is 0 Å². The highest BCUT2D eigenvalue weighted by Gasteiger charge is 2.01. The van der Waals surface area contributed by atoms with Gasteiger partial charge in [0.05, 0.1) is 0 Å². The van der Waals surface area contributed by atoms with Crippen molar-refractivity contribution in [3.63, 3.8) is 0 Å². The van der Waals surface area contributed by atoms with Crippen molar-refractivity contribution in [1.29, 1.82) is 0 Å². The normalized spacial score (nSPS) is 10.1. The summed E-state index contributed by atoms with van der Waals surface area (Å²) in [5.41, 5.74) is 0.782. The monoisotopic (exact) mass is 278 g/mol. The van der Waals surface area contributed by atoms with Crippen LogP contribution in [0.5, 0.6) is 0 Å². The fourth-order valence-electron chi connectivity index (χ4n) is 1.52. The summed E-state index contributed by atoms with van der Waals surface area (Å²) in [6, 6.07) is 11.6. The van der Waals surface area contributed by atoms with Gasteiger partial charge < -0.3 is 10.6 Å². The third-order valence-electron chi connectivity index (χ3n) is 2.31. The van der Waals surface area contributed by atoms with E-state index in [0.29, 0.717) is 0 Å². The van der Waals surface area contributed by atoms with Gasteiger partial charge in [0.15, 0.2) is 0 Å². The minimum absolute atomic E-state index is 0.214. The molecule has 2 amide bonds. The van der Waals surface area contributed by atoms with Crippen molar-refractivity contribution in [3.05, 3.63) is 40.9 Å². The third kappa shape index (κ3) is 2.17. The van der Waals surface area contributed by atoms with Gasteiger partial charge in [-0.2, -0.15) is 0 Å². The van der Waals surface area contributed by atoms with E-state index in [0.717, 1.165) is 20.9 Å². The van der Waals surface area contributed by atoms with Gasteiger partial charge in [0.1, 0.15) is 0 Å². The number of hydrogen-bond acceptors (Lipinski definition) is 1. The van der Waals surface area contributed by atoms with E-state index in [1.165, 1.54) is 0 Å². The minimum Gasteiger partial charge on any atom is -0.341 e. The van der Waals surface area contributed by atoms with Gasteiger partial charge in [0, 0.05) is 17.2 Å². The number of nitrogens with one attached hydrogen (secondary N) is 2. The van der Waals surface area contributed by atoms with Gasteiger partial charge in [0.25, 0.3) is 0 Å². The van der Waals surface area contributed by atoms with Gasteiger partial charge in [-0.15, -0.1) is 0 Å². The highest BCUT2D eigenvalue weighted by molar-refractivity contribution is 9.10. The first kappa shape index (κ1) is 11.0. The predicted octanol–water partition coefficient (Wildman–Crippen LogP) is 3.35. The fourth-order valence-corrected chi connectivity index (χ4v) is 2.03. The van der Waals surface area contributed by atoms with Crippen molar-refractivity contribution in [2.75, 3.05) is 12.4 Å². The largest absolute Gasteiger partial charge is 0.341 e. The number of carbonyl (C=O) groups is 1. The van der Waals surface area contributed by atoms with Gasteiger partial charge in [-0.25, -0.2) is 4.79 Å². The van der Waals surface area contributed by atoms with Gasteiger partial charge in [-0.1, -0.05) is 34.1 Å². The average Bonchev–Trinajstić information content (AvgIpc) is 2.29. The molecule has 4 heteroatoms. The summed E-state index contributed by atoms with van der Waals surface area (Å²) in [6.45, 7) is 0. The standard InChI is InChI=1S/C12H11BrN2O/c1-14-12(16)15-9-5-6-10-8(7-9)3-2-4-11(10)13/h2-7H,1H3,(H2,14,15,16). The Morgan fingerprint density at radius 3 is 2.81 bits per heavy atom. The molecule has 0 heterocycles. The number of rotatable bonds is 1. The molecule has 0 fully saturated rings. The molecule has 0 saturated heterocycles. The molecule has 0 saturated carbocycles. The summed E-state index contributed by atoms with van der Waals surface area (Å²) in [6.07, 6.45) is 0. The summed E-state index contributed by atoms with van der Waals surface area (Å²) >= 11 is 3.49. The number of fused-ring (bicyclic) bond motifs is 1. The number of benzene rings is 2. The molecule has 0 bridgehead atoms. The van der Waals surface area contributed by atoms with E-state index in [1.54, 1.807) is 7.05 Å². The summed E-state index contributed by atoms with van der Waals surface area (Å²) in [4.78, 5) is 11.2. The highest BCUT2D eigenvalue weighted by Crippen LogP contribution is 2.26. The van der Waals surface area contributed by atoms with Crippen LogP contribution in [0.1, 0.15) is 0 Å². The molecule has 0 aliphatic rings. The average molecular weight is 279 g/mol. The zero-order valence-corrected chi connectivity index (χ0v) is 10.3. The second-order valence-corrected chi connectivity index (χ2v) is 4.23. The Hall–Kier alpha value is -1.55. The number of carbonyl (C=O) groups excluding carboxylic acids is 1. The van der Waals surface area contributed by atoms with Crippen LogP contribution in [0.4, 0.5) is 10.5 Å². The smallest absolute Gasteiger partial charge is 0.318 e. The molecule has 0 aliphatic heterocycles. The molecule has 3 nitrogen and oxygen atoms in total. The van der Waals surface area contributed by atoms with Gasteiger partial charge in [-0.3, -0.25) is 0 Å². The molecule has 0 spiro atoms. The molecule has 0 radical (unpaired) electrons. The Labute approximate surface area is 102 Å². The maximum absolute atomic E-state index is 11.2. The molecular formula is C12H11BrN2O. The summed E-state index contributed by atoms with van der Waals surface area (Å²) in [7, 11) is 1.59. The Balaban J connectivity index is 2.41. The van der Waals surface area contributed by atoms with Crippen LogP contribution in [-0.2, 0) is 0 Å². The summed E-state index contributed by atoms with van der Waals surface area (Å²) < 4.78 is 1.05. The first-order valence-electron chi connectivity index (χ1n) is 4.88. The second-order valence-electron chi connectivity index (χ2n) is 3.38. The molecule has 16 heavy (non-hydrogen) atoms. The Morgan fingerprint density at radius 2 is 2.06 bits per heavy atom. The van der Waals surface area contributed by atoms with Crippen molar-refractivity contribution in [2.45, 2.75) is 0 Å². The number of urea groups is 1. The van der Waals surface area contributed by atoms with Gasteiger partial charge in [-0.05, 0) is 29.0 Å². The molecule has 0 aromatic heterocycles. The lowest BCUT2D eigenvalue weighted by Gasteiger charge is -2.06. The van der Waals surface area contributed by atoms with Crippen molar-refractivity contribution < 1.29 is 4.79 Å². The molecule has 2 N–H and O–H groups in total. The van der Waals surface area contributed by atoms with E-state index < -0.39 is 0 Å². The first-order chi connectivity index (χ1) is 7.70. The maximum Gasteiger partial charge on any atom is 0.318 e. The topological polar surface area (TPSA) is 41.1 Å². The number of halogens is 1. The Bertz CT molecular complexity index is 540.